The van der Waals surface area contributed by atoms with Crippen LogP contribution in [0.4, 0.5) is 4.79 Å². The second-order valence-corrected chi connectivity index (χ2v) is 9.15. The molecule has 0 saturated carbocycles. The van der Waals surface area contributed by atoms with Crippen molar-refractivity contribution >= 4 is 18.0 Å². The van der Waals surface area contributed by atoms with E-state index in [1.54, 1.807) is 20.8 Å². The predicted molar refractivity (Wildman–Crippen MR) is 111 cm³/mol. The molecule has 0 aliphatic heterocycles. The first kappa shape index (κ1) is 27.2. The van der Waals surface area contributed by atoms with Gasteiger partial charge in [0.1, 0.15) is 17.7 Å². The van der Waals surface area contributed by atoms with E-state index in [0.717, 1.165) is 12.8 Å². The third kappa shape index (κ3) is 13.1. The van der Waals surface area contributed by atoms with Crippen molar-refractivity contribution in [1.29, 1.82) is 0 Å². The first-order valence-electron chi connectivity index (χ1n) is 10.4. The van der Waals surface area contributed by atoms with E-state index >= 15 is 0 Å². The molecule has 170 valence electrons. The number of carbonyl (C=O) groups is 3. The molecule has 1 amide bonds. The minimum atomic E-state index is -1.13. The number of ether oxygens (including phenoxy) is 2. The van der Waals surface area contributed by atoms with Crippen molar-refractivity contribution < 1.29 is 29.0 Å². The highest BCUT2D eigenvalue weighted by molar-refractivity contribution is 5.76. The van der Waals surface area contributed by atoms with Gasteiger partial charge in [-0.15, -0.1) is 0 Å². The van der Waals surface area contributed by atoms with Crippen LogP contribution in [0, 0.1) is 11.8 Å². The topological polar surface area (TPSA) is 128 Å². The maximum absolute atomic E-state index is 12.5. The number of carboxylic acid groups (broad SMARTS) is 1. The molecule has 0 bridgehead atoms. The summed E-state index contributed by atoms with van der Waals surface area (Å²) in [6.45, 7) is 13.2. The van der Waals surface area contributed by atoms with E-state index in [4.69, 9.17) is 15.2 Å². The van der Waals surface area contributed by atoms with Gasteiger partial charge in [-0.05, 0) is 51.9 Å². The predicted octanol–water partition coefficient (Wildman–Crippen LogP) is 3.47. The lowest BCUT2D eigenvalue weighted by atomic mass is 9.96. The van der Waals surface area contributed by atoms with Crippen LogP contribution in [0.25, 0.3) is 0 Å². The molecule has 0 radical (unpaired) electrons. The summed E-state index contributed by atoms with van der Waals surface area (Å²) in [5.41, 5.74) is 5.25. The van der Waals surface area contributed by atoms with Crippen LogP contribution < -0.4 is 11.1 Å². The third-order valence-electron chi connectivity index (χ3n) is 4.49. The molecule has 4 N–H and O–H groups in total. The van der Waals surface area contributed by atoms with E-state index in [0.29, 0.717) is 18.8 Å². The lowest BCUT2D eigenvalue weighted by Crippen LogP contribution is -2.49. The van der Waals surface area contributed by atoms with Gasteiger partial charge in [-0.3, -0.25) is 9.59 Å². The molecule has 0 rings (SSSR count). The van der Waals surface area contributed by atoms with Crippen molar-refractivity contribution in [2.45, 2.75) is 104 Å². The summed E-state index contributed by atoms with van der Waals surface area (Å²) in [6, 6.07) is -1.53. The number of amides is 1. The summed E-state index contributed by atoms with van der Waals surface area (Å²) in [5, 5.41) is 12.0. The van der Waals surface area contributed by atoms with Gasteiger partial charge in [-0.1, -0.05) is 34.1 Å². The van der Waals surface area contributed by atoms with Gasteiger partial charge in [0.2, 0.25) is 0 Å². The molecule has 0 heterocycles. The molecule has 0 aliphatic carbocycles. The number of aliphatic carboxylic acids is 1. The van der Waals surface area contributed by atoms with Crippen LogP contribution in [0.3, 0.4) is 0 Å². The number of hydrogen-bond acceptors (Lipinski definition) is 6. The summed E-state index contributed by atoms with van der Waals surface area (Å²) >= 11 is 0. The Morgan fingerprint density at radius 1 is 1.10 bits per heavy atom. The van der Waals surface area contributed by atoms with Gasteiger partial charge >= 0.3 is 18.0 Å². The Kier molecular flexibility index (Phi) is 11.9. The number of carbonyl (C=O) groups excluding carboxylic acids is 2. The quantitative estimate of drug-likeness (QED) is 0.416. The Labute approximate surface area is 174 Å². The SMILES string of the molecule is CCC(C)CCC(N)C(=O)O[C@@H](CC(=O)O)[C@H](CC(C)C)NC(=O)OC(C)(C)C. The van der Waals surface area contributed by atoms with Gasteiger partial charge in [-0.2, -0.15) is 0 Å². The number of carboxylic acids is 1. The van der Waals surface area contributed by atoms with Gasteiger partial charge in [0.05, 0.1) is 12.5 Å². The second kappa shape index (κ2) is 12.7. The van der Waals surface area contributed by atoms with E-state index < -0.39 is 48.2 Å². The molecule has 0 aromatic heterocycles. The summed E-state index contributed by atoms with van der Waals surface area (Å²) in [6.07, 6.45) is 0.493. The van der Waals surface area contributed by atoms with Crippen LogP contribution in [0.1, 0.15) is 80.6 Å². The van der Waals surface area contributed by atoms with Crippen molar-refractivity contribution in [2.24, 2.45) is 17.6 Å². The molecule has 0 fully saturated rings. The number of esters is 1. The number of rotatable bonds is 12. The highest BCUT2D eigenvalue weighted by atomic mass is 16.6. The van der Waals surface area contributed by atoms with Gasteiger partial charge in [0.25, 0.3) is 0 Å². The largest absolute Gasteiger partial charge is 0.481 e. The molecule has 8 nitrogen and oxygen atoms in total. The molecule has 0 saturated heterocycles. The van der Waals surface area contributed by atoms with Gasteiger partial charge in [0, 0.05) is 0 Å². The molecule has 0 aliphatic rings. The highest BCUT2D eigenvalue weighted by Crippen LogP contribution is 2.18. The smallest absolute Gasteiger partial charge is 0.408 e. The maximum Gasteiger partial charge on any atom is 0.408 e. The number of nitrogens with two attached hydrogens (primary N) is 1. The first-order valence-corrected chi connectivity index (χ1v) is 10.4. The minimum absolute atomic E-state index is 0.129. The Balaban J connectivity index is 5.27. The lowest BCUT2D eigenvalue weighted by molar-refractivity contribution is -0.156. The van der Waals surface area contributed by atoms with Crippen LogP contribution in [0.5, 0.6) is 0 Å². The Bertz CT molecular complexity index is 530. The van der Waals surface area contributed by atoms with Crippen molar-refractivity contribution in [3.05, 3.63) is 0 Å². The van der Waals surface area contributed by atoms with Crippen LogP contribution in [0.15, 0.2) is 0 Å². The summed E-state index contributed by atoms with van der Waals surface area (Å²) in [4.78, 5) is 36.0. The van der Waals surface area contributed by atoms with Crippen LogP contribution >= 0.6 is 0 Å². The number of alkyl carbamates (subject to hydrolysis) is 1. The molecule has 29 heavy (non-hydrogen) atoms. The number of nitrogens with one attached hydrogen (secondary N) is 1. The third-order valence-corrected chi connectivity index (χ3v) is 4.49. The van der Waals surface area contributed by atoms with Gasteiger partial charge < -0.3 is 25.6 Å². The van der Waals surface area contributed by atoms with Crippen molar-refractivity contribution in [1.82, 2.24) is 5.32 Å². The average molecular weight is 417 g/mol. The Morgan fingerprint density at radius 2 is 1.69 bits per heavy atom. The highest BCUT2D eigenvalue weighted by Gasteiger charge is 2.32. The molecule has 0 aromatic rings. The summed E-state index contributed by atoms with van der Waals surface area (Å²) in [7, 11) is 0. The normalized spacial score (nSPS) is 15.9. The van der Waals surface area contributed by atoms with Crippen molar-refractivity contribution in [2.75, 3.05) is 0 Å². The zero-order valence-corrected chi connectivity index (χ0v) is 19.0. The first-order chi connectivity index (χ1) is 13.2. The van der Waals surface area contributed by atoms with Gasteiger partial charge in [0.15, 0.2) is 0 Å². The van der Waals surface area contributed by atoms with Crippen LogP contribution in [0.2, 0.25) is 0 Å². The fourth-order valence-electron chi connectivity index (χ4n) is 2.73. The van der Waals surface area contributed by atoms with Crippen molar-refractivity contribution in [3.63, 3.8) is 0 Å². The molecule has 2 unspecified atom stereocenters. The zero-order valence-electron chi connectivity index (χ0n) is 19.0. The Hall–Kier alpha value is -1.83. The van der Waals surface area contributed by atoms with Gasteiger partial charge in [-0.25, -0.2) is 4.79 Å². The van der Waals surface area contributed by atoms with E-state index in [1.807, 2.05) is 13.8 Å². The monoisotopic (exact) mass is 416 g/mol. The van der Waals surface area contributed by atoms with E-state index in [2.05, 4.69) is 19.2 Å². The standard InChI is InChI=1S/C21H40N2O6/c1-8-14(4)9-10-15(22)19(26)28-17(12-18(24)25)16(11-13(2)3)23-20(27)29-21(5,6)7/h13-17H,8-12,22H2,1-7H3,(H,23,27)(H,24,25)/t14?,15?,16-,17-/m0/s1. The molecular formula is C21H40N2O6. The minimum Gasteiger partial charge on any atom is -0.481 e. The van der Waals surface area contributed by atoms with E-state index in [1.165, 1.54) is 0 Å². The summed E-state index contributed by atoms with van der Waals surface area (Å²) < 4.78 is 10.7. The van der Waals surface area contributed by atoms with Crippen molar-refractivity contribution in [3.8, 4) is 0 Å². The second-order valence-electron chi connectivity index (χ2n) is 9.15. The van der Waals surface area contributed by atoms with Crippen LogP contribution in [-0.4, -0.2) is 46.9 Å². The van der Waals surface area contributed by atoms with Crippen LogP contribution in [-0.2, 0) is 19.1 Å². The summed E-state index contributed by atoms with van der Waals surface area (Å²) in [5.74, 6) is -1.22. The Morgan fingerprint density at radius 3 is 2.14 bits per heavy atom. The average Bonchev–Trinajstić information content (AvgIpc) is 2.55. The molecule has 8 heteroatoms. The fraction of sp³-hybridized carbons (Fsp3) is 0.857. The maximum atomic E-state index is 12.5. The molecular weight excluding hydrogens is 376 g/mol. The molecule has 4 atom stereocenters. The number of hydrogen-bond donors (Lipinski definition) is 3. The zero-order chi connectivity index (χ0) is 22.8. The van der Waals surface area contributed by atoms with E-state index in [9.17, 15) is 19.5 Å². The van der Waals surface area contributed by atoms with E-state index in [-0.39, 0.29) is 5.92 Å². The lowest BCUT2D eigenvalue weighted by Gasteiger charge is -2.30. The molecule has 0 aromatic carbocycles. The molecule has 0 spiro atoms. The fourth-order valence-corrected chi connectivity index (χ4v) is 2.73.